The summed E-state index contributed by atoms with van der Waals surface area (Å²) in [6.45, 7) is 0.726. The summed E-state index contributed by atoms with van der Waals surface area (Å²) in [5, 5.41) is 20.2. The number of aromatic hydroxyl groups is 1. The van der Waals surface area contributed by atoms with Gasteiger partial charge in [-0.2, -0.15) is 4.31 Å². The van der Waals surface area contributed by atoms with Gasteiger partial charge in [0.15, 0.2) is 5.75 Å². The van der Waals surface area contributed by atoms with E-state index in [0.717, 1.165) is 12.1 Å². The molecule has 1 aromatic rings. The van der Waals surface area contributed by atoms with E-state index in [-0.39, 0.29) is 10.9 Å². The zero-order chi connectivity index (χ0) is 15.8. The number of likely N-dealkylation sites (N-methyl/N-ethyl adjacent to an activating group) is 1. The maximum absolute atomic E-state index is 12.5. The first-order chi connectivity index (χ1) is 9.73. The molecule has 21 heavy (non-hydrogen) atoms. The third-order valence-electron chi connectivity index (χ3n) is 3.64. The Bertz CT molecular complexity index is 659. The smallest absolute Gasteiger partial charge is 0.312 e. The fourth-order valence-electron chi connectivity index (χ4n) is 2.31. The first kappa shape index (κ1) is 15.7. The molecule has 0 bridgehead atoms. The molecule has 1 heterocycles. The summed E-state index contributed by atoms with van der Waals surface area (Å²) in [5.74, 6) is -0.550. The zero-order valence-electron chi connectivity index (χ0n) is 11.8. The highest BCUT2D eigenvalue weighted by Gasteiger charge is 2.34. The molecule has 1 aliphatic heterocycles. The van der Waals surface area contributed by atoms with Crippen molar-refractivity contribution in [3.8, 4) is 5.75 Å². The molecule has 1 unspecified atom stereocenters. The quantitative estimate of drug-likeness (QED) is 0.645. The van der Waals surface area contributed by atoms with Gasteiger partial charge in [0.2, 0.25) is 10.0 Å². The van der Waals surface area contributed by atoms with Crippen molar-refractivity contribution in [2.75, 3.05) is 27.2 Å². The third-order valence-corrected chi connectivity index (χ3v) is 5.50. The summed E-state index contributed by atoms with van der Waals surface area (Å²) < 4.78 is 26.3. The summed E-state index contributed by atoms with van der Waals surface area (Å²) in [6.07, 6.45) is 0.715. The van der Waals surface area contributed by atoms with Gasteiger partial charge in [-0.25, -0.2) is 8.42 Å². The molecule has 0 radical (unpaired) electrons. The molecule has 1 N–H and O–H groups in total. The zero-order valence-corrected chi connectivity index (χ0v) is 12.6. The van der Waals surface area contributed by atoms with Crippen LogP contribution in [-0.4, -0.2) is 60.9 Å². The number of nitro groups is 1. The van der Waals surface area contributed by atoms with Crippen molar-refractivity contribution in [2.45, 2.75) is 17.4 Å². The van der Waals surface area contributed by atoms with Gasteiger partial charge in [0.1, 0.15) is 0 Å². The SMILES string of the molecule is CN(C)C1CCN(S(=O)(=O)c2ccc(O)c([N+](=O)[O-])c2)C1. The lowest BCUT2D eigenvalue weighted by atomic mass is 10.2. The predicted molar refractivity (Wildman–Crippen MR) is 75.6 cm³/mol. The average molecular weight is 315 g/mol. The fraction of sp³-hybridized carbons (Fsp3) is 0.500. The van der Waals surface area contributed by atoms with Crippen LogP contribution in [-0.2, 0) is 10.0 Å². The Morgan fingerprint density at radius 3 is 2.62 bits per heavy atom. The maximum Gasteiger partial charge on any atom is 0.312 e. The van der Waals surface area contributed by atoms with E-state index in [1.807, 2.05) is 19.0 Å². The molecule has 116 valence electrons. The van der Waals surface area contributed by atoms with Gasteiger partial charge >= 0.3 is 5.69 Å². The Balaban J connectivity index is 2.33. The summed E-state index contributed by atoms with van der Waals surface area (Å²) in [5.41, 5.74) is -0.612. The number of benzene rings is 1. The van der Waals surface area contributed by atoms with Crippen LogP contribution >= 0.6 is 0 Å². The summed E-state index contributed by atoms with van der Waals surface area (Å²) in [4.78, 5) is 11.8. The Morgan fingerprint density at radius 1 is 1.43 bits per heavy atom. The maximum atomic E-state index is 12.5. The van der Waals surface area contributed by atoms with E-state index >= 15 is 0 Å². The van der Waals surface area contributed by atoms with Crippen molar-refractivity contribution in [1.29, 1.82) is 0 Å². The molecule has 0 amide bonds. The minimum absolute atomic E-state index is 0.131. The van der Waals surface area contributed by atoms with E-state index in [2.05, 4.69) is 0 Å². The Morgan fingerprint density at radius 2 is 2.10 bits per heavy atom. The molecule has 1 fully saturated rings. The van der Waals surface area contributed by atoms with Gasteiger partial charge < -0.3 is 10.0 Å². The van der Waals surface area contributed by atoms with Crippen molar-refractivity contribution in [3.63, 3.8) is 0 Å². The molecule has 2 rings (SSSR count). The van der Waals surface area contributed by atoms with Crippen LogP contribution in [0.2, 0.25) is 0 Å². The van der Waals surface area contributed by atoms with Crippen LogP contribution in [0.1, 0.15) is 6.42 Å². The lowest BCUT2D eigenvalue weighted by Crippen LogP contribution is -2.34. The van der Waals surface area contributed by atoms with Gasteiger partial charge in [-0.15, -0.1) is 0 Å². The normalized spacial score (nSPS) is 20.0. The molecule has 1 atom stereocenters. The van der Waals surface area contributed by atoms with Crippen molar-refractivity contribution in [1.82, 2.24) is 9.21 Å². The second kappa shape index (κ2) is 5.58. The lowest BCUT2D eigenvalue weighted by molar-refractivity contribution is -0.386. The minimum atomic E-state index is -3.79. The summed E-state index contributed by atoms with van der Waals surface area (Å²) >= 11 is 0. The number of phenolic OH excluding ortho intramolecular Hbond substituents is 1. The van der Waals surface area contributed by atoms with E-state index in [1.54, 1.807) is 0 Å². The van der Waals surface area contributed by atoms with E-state index in [9.17, 15) is 23.6 Å². The molecular weight excluding hydrogens is 298 g/mol. The minimum Gasteiger partial charge on any atom is -0.502 e. The molecule has 0 spiro atoms. The van der Waals surface area contributed by atoms with Crippen LogP contribution in [0, 0.1) is 10.1 Å². The van der Waals surface area contributed by atoms with Crippen molar-refractivity contribution in [3.05, 3.63) is 28.3 Å². The standard InChI is InChI=1S/C12H17N3O5S/c1-13(2)9-5-6-14(8-9)21(19,20)10-3-4-12(16)11(7-10)15(17)18/h3-4,7,9,16H,5-6,8H2,1-2H3. The molecule has 9 heteroatoms. The van der Waals surface area contributed by atoms with E-state index in [4.69, 9.17) is 0 Å². The van der Waals surface area contributed by atoms with Gasteiger partial charge in [0.05, 0.1) is 9.82 Å². The van der Waals surface area contributed by atoms with Gasteiger partial charge in [-0.1, -0.05) is 0 Å². The highest BCUT2D eigenvalue weighted by atomic mass is 32.2. The second-order valence-corrected chi connectivity index (χ2v) is 7.11. The van der Waals surface area contributed by atoms with Crippen molar-refractivity contribution in [2.24, 2.45) is 0 Å². The first-order valence-electron chi connectivity index (χ1n) is 6.37. The summed E-state index contributed by atoms with van der Waals surface area (Å²) in [6, 6.07) is 3.24. The second-order valence-electron chi connectivity index (χ2n) is 5.18. The van der Waals surface area contributed by atoms with Crippen LogP contribution in [0.25, 0.3) is 0 Å². The highest BCUT2D eigenvalue weighted by molar-refractivity contribution is 7.89. The monoisotopic (exact) mass is 315 g/mol. The van der Waals surface area contributed by atoms with Crippen molar-refractivity contribution >= 4 is 15.7 Å². The van der Waals surface area contributed by atoms with Crippen LogP contribution < -0.4 is 0 Å². The van der Waals surface area contributed by atoms with Crippen LogP contribution in [0.3, 0.4) is 0 Å². The number of phenols is 1. The molecule has 0 aromatic heterocycles. The van der Waals surface area contributed by atoms with E-state index in [0.29, 0.717) is 19.5 Å². The van der Waals surface area contributed by atoms with Crippen LogP contribution in [0.4, 0.5) is 5.69 Å². The molecular formula is C12H17N3O5S. The molecule has 1 aliphatic rings. The van der Waals surface area contributed by atoms with E-state index in [1.165, 1.54) is 10.4 Å². The molecule has 8 nitrogen and oxygen atoms in total. The number of hydrogen-bond acceptors (Lipinski definition) is 6. The Hall–Kier alpha value is -1.71. The fourth-order valence-corrected chi connectivity index (χ4v) is 3.82. The molecule has 1 aromatic carbocycles. The number of sulfonamides is 1. The predicted octanol–water partition coefficient (Wildman–Crippen LogP) is 0.625. The van der Waals surface area contributed by atoms with Gasteiger partial charge in [-0.3, -0.25) is 10.1 Å². The highest BCUT2D eigenvalue weighted by Crippen LogP contribution is 2.30. The largest absolute Gasteiger partial charge is 0.502 e. The number of nitrogens with zero attached hydrogens (tertiary/aromatic N) is 3. The molecule has 0 aliphatic carbocycles. The molecule has 1 saturated heterocycles. The lowest BCUT2D eigenvalue weighted by Gasteiger charge is -2.20. The van der Waals surface area contributed by atoms with Crippen molar-refractivity contribution < 1.29 is 18.4 Å². The third kappa shape index (κ3) is 2.99. The molecule has 0 saturated carbocycles. The van der Waals surface area contributed by atoms with Crippen LogP contribution in [0.15, 0.2) is 23.1 Å². The number of hydrogen-bond donors (Lipinski definition) is 1. The number of rotatable bonds is 4. The topological polar surface area (TPSA) is 104 Å². The van der Waals surface area contributed by atoms with Crippen LogP contribution in [0.5, 0.6) is 5.75 Å². The van der Waals surface area contributed by atoms with Gasteiger partial charge in [0, 0.05) is 25.2 Å². The average Bonchev–Trinajstić information content (AvgIpc) is 2.89. The van der Waals surface area contributed by atoms with Gasteiger partial charge in [0.25, 0.3) is 0 Å². The Labute approximate surface area is 122 Å². The first-order valence-corrected chi connectivity index (χ1v) is 7.81. The van der Waals surface area contributed by atoms with Gasteiger partial charge in [-0.05, 0) is 32.6 Å². The summed E-state index contributed by atoms with van der Waals surface area (Å²) in [7, 11) is -0.0245. The van der Waals surface area contributed by atoms with E-state index < -0.39 is 26.4 Å². The number of nitro benzene ring substituents is 1. The Kier molecular flexibility index (Phi) is 4.17.